The van der Waals surface area contributed by atoms with Gasteiger partial charge in [0.25, 0.3) is 0 Å². The lowest BCUT2D eigenvalue weighted by molar-refractivity contribution is -0.127. The van der Waals surface area contributed by atoms with E-state index in [4.69, 9.17) is 0 Å². The van der Waals surface area contributed by atoms with Crippen molar-refractivity contribution in [3.63, 3.8) is 0 Å². The number of carbonyl (C=O) groups excluding carboxylic acids is 1. The van der Waals surface area contributed by atoms with Crippen LogP contribution < -0.4 is 0 Å². The molecule has 1 aliphatic carbocycles. The average Bonchev–Trinajstić information content (AvgIpc) is 2.33. The largest absolute Gasteiger partial charge is 0.300 e. The zero-order chi connectivity index (χ0) is 14.6. The predicted molar refractivity (Wildman–Crippen MR) is 84.7 cm³/mol. The molecule has 0 N–H and O–H groups in total. The minimum atomic E-state index is 0.198. The molecule has 0 aliphatic heterocycles. The summed E-state index contributed by atoms with van der Waals surface area (Å²) in [6, 6.07) is 10.7. The molecule has 0 saturated heterocycles. The summed E-state index contributed by atoms with van der Waals surface area (Å²) >= 11 is 0. The minimum absolute atomic E-state index is 0.198. The van der Waals surface area contributed by atoms with Gasteiger partial charge in [-0.05, 0) is 42.1 Å². The fraction of sp³-hybridized carbons (Fsp3) is 0.632. The van der Waals surface area contributed by atoms with Crippen molar-refractivity contribution in [2.45, 2.75) is 65.7 Å². The van der Waals surface area contributed by atoms with Gasteiger partial charge in [0.15, 0.2) is 0 Å². The maximum atomic E-state index is 11.9. The summed E-state index contributed by atoms with van der Waals surface area (Å²) in [4.78, 5) is 11.9. The fourth-order valence-electron chi connectivity index (χ4n) is 4.05. The van der Waals surface area contributed by atoms with Crippen molar-refractivity contribution in [2.75, 3.05) is 0 Å². The highest BCUT2D eigenvalue weighted by Crippen LogP contribution is 2.47. The molecule has 0 aromatic heterocycles. The SMILES string of the molecule is CC1(C)CC(=O)C[C@](C)(CCCCc2ccccc2)C1. The number of unbranched alkanes of at least 4 members (excludes halogenated alkanes) is 1. The van der Waals surface area contributed by atoms with Gasteiger partial charge in [-0.25, -0.2) is 0 Å². The molecule has 2 rings (SSSR count). The maximum Gasteiger partial charge on any atom is 0.133 e. The van der Waals surface area contributed by atoms with E-state index in [9.17, 15) is 4.79 Å². The highest BCUT2D eigenvalue weighted by molar-refractivity contribution is 5.80. The van der Waals surface area contributed by atoms with E-state index in [0.717, 1.165) is 19.3 Å². The fourth-order valence-corrected chi connectivity index (χ4v) is 4.05. The number of benzene rings is 1. The van der Waals surface area contributed by atoms with E-state index in [0.29, 0.717) is 5.78 Å². The van der Waals surface area contributed by atoms with E-state index in [1.807, 2.05) is 0 Å². The van der Waals surface area contributed by atoms with Crippen molar-refractivity contribution in [3.05, 3.63) is 35.9 Å². The first-order valence-electron chi connectivity index (χ1n) is 7.94. The van der Waals surface area contributed by atoms with E-state index < -0.39 is 0 Å². The van der Waals surface area contributed by atoms with Gasteiger partial charge in [0.2, 0.25) is 0 Å². The third-order valence-corrected chi connectivity index (χ3v) is 4.54. The molecule has 1 nitrogen and oxygen atoms in total. The van der Waals surface area contributed by atoms with Crippen LogP contribution >= 0.6 is 0 Å². The quantitative estimate of drug-likeness (QED) is 0.675. The summed E-state index contributed by atoms with van der Waals surface area (Å²) in [5, 5.41) is 0. The standard InChI is InChI=1S/C19H28O/c1-18(2)13-17(20)14-19(3,15-18)12-8-7-11-16-9-5-4-6-10-16/h4-6,9-10H,7-8,11-15H2,1-3H3/t19-/m0/s1. The van der Waals surface area contributed by atoms with Crippen molar-refractivity contribution < 1.29 is 4.79 Å². The molecule has 0 spiro atoms. The first kappa shape index (κ1) is 15.3. The summed E-state index contributed by atoms with van der Waals surface area (Å²) in [6.45, 7) is 6.80. The maximum absolute atomic E-state index is 11.9. The lowest BCUT2D eigenvalue weighted by Gasteiger charge is -2.42. The summed E-state index contributed by atoms with van der Waals surface area (Å²) in [5.74, 6) is 0.465. The van der Waals surface area contributed by atoms with Gasteiger partial charge in [-0.3, -0.25) is 4.79 Å². The van der Waals surface area contributed by atoms with E-state index >= 15 is 0 Å². The lowest BCUT2D eigenvalue weighted by atomic mass is 9.62. The van der Waals surface area contributed by atoms with E-state index in [1.165, 1.54) is 31.2 Å². The molecule has 20 heavy (non-hydrogen) atoms. The van der Waals surface area contributed by atoms with Gasteiger partial charge in [-0.15, -0.1) is 0 Å². The Kier molecular flexibility index (Phi) is 4.67. The van der Waals surface area contributed by atoms with Crippen LogP contribution in [0.2, 0.25) is 0 Å². The first-order chi connectivity index (χ1) is 9.39. The summed E-state index contributed by atoms with van der Waals surface area (Å²) in [5.41, 5.74) is 1.86. The lowest BCUT2D eigenvalue weighted by Crippen LogP contribution is -2.35. The van der Waals surface area contributed by atoms with Gasteiger partial charge in [-0.1, -0.05) is 57.5 Å². The third kappa shape index (κ3) is 4.47. The van der Waals surface area contributed by atoms with Crippen LogP contribution in [-0.2, 0) is 11.2 Å². The van der Waals surface area contributed by atoms with Crippen LogP contribution in [0, 0.1) is 10.8 Å². The normalized spacial score (nSPS) is 25.6. The summed E-state index contributed by atoms with van der Waals surface area (Å²) in [6.07, 6.45) is 7.57. The number of hydrogen-bond donors (Lipinski definition) is 0. The molecule has 1 saturated carbocycles. The van der Waals surface area contributed by atoms with Crippen molar-refractivity contribution in [1.82, 2.24) is 0 Å². The van der Waals surface area contributed by atoms with Crippen LogP contribution in [0.3, 0.4) is 0 Å². The molecular formula is C19H28O. The second kappa shape index (κ2) is 6.11. The molecular weight excluding hydrogens is 244 g/mol. The van der Waals surface area contributed by atoms with Crippen molar-refractivity contribution in [2.24, 2.45) is 10.8 Å². The number of aryl methyl sites for hydroxylation is 1. The van der Waals surface area contributed by atoms with Crippen molar-refractivity contribution in [1.29, 1.82) is 0 Å². The summed E-state index contributed by atoms with van der Waals surface area (Å²) < 4.78 is 0. The van der Waals surface area contributed by atoms with E-state index in [1.54, 1.807) is 0 Å². The molecule has 0 radical (unpaired) electrons. The Bertz CT molecular complexity index is 446. The Balaban J connectivity index is 1.79. The Morgan fingerprint density at radius 2 is 1.70 bits per heavy atom. The van der Waals surface area contributed by atoms with Crippen LogP contribution in [0.5, 0.6) is 0 Å². The van der Waals surface area contributed by atoms with Crippen LogP contribution in [0.1, 0.15) is 64.9 Å². The van der Waals surface area contributed by atoms with Gasteiger partial charge >= 0.3 is 0 Å². The summed E-state index contributed by atoms with van der Waals surface area (Å²) in [7, 11) is 0. The highest BCUT2D eigenvalue weighted by Gasteiger charge is 2.39. The highest BCUT2D eigenvalue weighted by atomic mass is 16.1. The van der Waals surface area contributed by atoms with Crippen LogP contribution in [0.25, 0.3) is 0 Å². The molecule has 1 atom stereocenters. The molecule has 1 aromatic carbocycles. The second-order valence-corrected chi connectivity index (χ2v) is 7.74. The molecule has 0 unspecified atom stereocenters. The molecule has 1 fully saturated rings. The van der Waals surface area contributed by atoms with E-state index in [2.05, 4.69) is 51.1 Å². The van der Waals surface area contributed by atoms with Crippen LogP contribution in [0.4, 0.5) is 0 Å². The zero-order valence-electron chi connectivity index (χ0n) is 13.2. The number of rotatable bonds is 5. The van der Waals surface area contributed by atoms with Crippen molar-refractivity contribution in [3.8, 4) is 0 Å². The Hall–Kier alpha value is -1.11. The third-order valence-electron chi connectivity index (χ3n) is 4.54. The smallest absolute Gasteiger partial charge is 0.133 e. The Morgan fingerprint density at radius 3 is 2.35 bits per heavy atom. The molecule has 1 aliphatic rings. The van der Waals surface area contributed by atoms with Gasteiger partial charge in [-0.2, -0.15) is 0 Å². The van der Waals surface area contributed by atoms with Gasteiger partial charge < -0.3 is 0 Å². The second-order valence-electron chi connectivity index (χ2n) is 7.74. The van der Waals surface area contributed by atoms with Gasteiger partial charge in [0.05, 0.1) is 0 Å². The van der Waals surface area contributed by atoms with E-state index in [-0.39, 0.29) is 10.8 Å². The number of hydrogen-bond acceptors (Lipinski definition) is 1. The number of ketones is 1. The minimum Gasteiger partial charge on any atom is -0.300 e. The Morgan fingerprint density at radius 1 is 1.00 bits per heavy atom. The Labute approximate surface area is 123 Å². The van der Waals surface area contributed by atoms with Gasteiger partial charge in [0.1, 0.15) is 5.78 Å². The van der Waals surface area contributed by atoms with Crippen molar-refractivity contribution >= 4 is 5.78 Å². The molecule has 110 valence electrons. The number of carbonyl (C=O) groups is 1. The number of Topliss-reactive ketones (excluding diaryl/α,β-unsaturated/α-hetero) is 1. The molecule has 1 heteroatoms. The molecule has 0 heterocycles. The van der Waals surface area contributed by atoms with Crippen LogP contribution in [0.15, 0.2) is 30.3 Å². The van der Waals surface area contributed by atoms with Crippen LogP contribution in [-0.4, -0.2) is 5.78 Å². The zero-order valence-corrected chi connectivity index (χ0v) is 13.2. The topological polar surface area (TPSA) is 17.1 Å². The molecule has 1 aromatic rings. The molecule has 0 bridgehead atoms. The monoisotopic (exact) mass is 272 g/mol. The van der Waals surface area contributed by atoms with Gasteiger partial charge in [0, 0.05) is 12.8 Å². The predicted octanol–water partition coefficient (Wildman–Crippen LogP) is 5.18. The first-order valence-corrected chi connectivity index (χ1v) is 7.94. The molecule has 0 amide bonds. The average molecular weight is 272 g/mol.